The quantitative estimate of drug-likeness (QED) is 0.244. The van der Waals surface area contributed by atoms with Gasteiger partial charge in [0.1, 0.15) is 0 Å². The molecule has 0 aliphatic heterocycles. The molecule has 0 radical (unpaired) electrons. The Labute approximate surface area is 276 Å². The Morgan fingerprint density at radius 3 is 0.605 bits per heavy atom. The van der Waals surface area contributed by atoms with Crippen molar-refractivity contribution in [3.8, 4) is 0 Å². The Balaban J connectivity index is 0.000000608. The van der Waals surface area contributed by atoms with E-state index in [1.807, 2.05) is 0 Å². The number of rotatable bonds is 6. The summed E-state index contributed by atoms with van der Waals surface area (Å²) in [4.78, 5) is -1.51. The van der Waals surface area contributed by atoms with Crippen LogP contribution in [-0.4, -0.2) is 64.2 Å². The van der Waals surface area contributed by atoms with Gasteiger partial charge in [-0.2, -0.15) is 0 Å². The van der Waals surface area contributed by atoms with Crippen LogP contribution in [-0.2, 0) is 54.1 Å². The first kappa shape index (κ1) is 41.4. The first-order chi connectivity index (χ1) is 18.7. The molecule has 0 unspecified atom stereocenters. The fourth-order valence-electron chi connectivity index (χ4n) is 2.47. The molecule has 0 aliphatic rings. The zero-order valence-corrected chi connectivity index (χ0v) is 30.6. The van der Waals surface area contributed by atoms with Crippen molar-refractivity contribution >= 4 is 54.1 Å². The van der Waals surface area contributed by atoms with Crippen LogP contribution in [0.25, 0.3) is 0 Å². The van der Waals surface area contributed by atoms with Crippen LogP contribution in [0.5, 0.6) is 0 Å². The minimum absolute atomic E-state index is 0. The van der Waals surface area contributed by atoms with Crippen LogP contribution in [0, 0.1) is 56.4 Å². The van der Waals surface area contributed by atoms with E-state index in [0.29, 0.717) is 0 Å². The van der Waals surface area contributed by atoms with Gasteiger partial charge in [0.25, 0.3) is 26.6 Å². The average Bonchev–Trinajstić information content (AvgIpc) is 2.84. The van der Waals surface area contributed by atoms with E-state index in [1.54, 1.807) is 20.8 Å². The first-order valence-electron chi connectivity index (χ1n) is 10.6. The summed E-state index contributed by atoms with van der Waals surface area (Å²) in [5, 5.41) is 0. The second kappa shape index (κ2) is 15.1. The molecule has 0 aliphatic carbocycles. The second-order valence-corrected chi connectivity index (χ2v) is 22.2. The van der Waals surface area contributed by atoms with Gasteiger partial charge in [0, 0.05) is 0 Å². The van der Waals surface area contributed by atoms with E-state index in [4.69, 9.17) is 0 Å². The topological polar surface area (TPSA) is 274 Å². The van der Waals surface area contributed by atoms with E-state index in [1.165, 1.54) is 36.4 Å². The zero-order valence-electron chi connectivity index (χ0n) is 22.1. The molecule has 0 atom stereocenters. The molecular formula is C21H21LaO15S6. The molecule has 0 amide bonds. The van der Waals surface area contributed by atoms with Gasteiger partial charge in [0.05, 0.1) is 14.7 Å². The van der Waals surface area contributed by atoms with Crippen molar-refractivity contribution < 1.29 is 99.8 Å². The van der Waals surface area contributed by atoms with E-state index in [-0.39, 0.29) is 35.6 Å². The Morgan fingerprint density at radius 2 is 0.488 bits per heavy atom. The van der Waals surface area contributed by atoms with Crippen molar-refractivity contribution in [1.29, 1.82) is 0 Å². The summed E-state index contributed by atoms with van der Waals surface area (Å²) < 4.78 is 160. The van der Waals surface area contributed by atoms with Crippen molar-refractivity contribution in [3.63, 3.8) is 0 Å². The Morgan fingerprint density at radius 1 is 0.349 bits per heavy atom. The first-order valence-corrected chi connectivity index (χ1v) is 20.8. The maximum Gasteiger partial charge on any atom is 3.00 e. The maximum atomic E-state index is 11.1. The summed E-state index contributed by atoms with van der Waals surface area (Å²) in [6.07, 6.45) is 0. The summed E-state index contributed by atoms with van der Waals surface area (Å²) in [5.41, 5.74) is 2.31. The molecule has 3 aromatic carbocycles. The minimum Gasteiger partial charge on any atom is -0.735 e. The second-order valence-electron chi connectivity index (χ2n) is 8.03. The van der Waals surface area contributed by atoms with Crippen molar-refractivity contribution in [2.24, 2.45) is 0 Å². The SMILES string of the molecule is Cc1ccc(S(=O)(=O)S(=O)(=O)[O-])cc1.Cc1ccc(S(=O)(=O)S(=O)(=O)[O-])cc1.Cc1ccc(S(=O)(=O)S(=O)(=O)[O-])cc1.[La+3]. The minimum atomic E-state index is -5.35. The number of aryl methyl sites for hydroxylation is 3. The van der Waals surface area contributed by atoms with Gasteiger partial charge < -0.3 is 13.7 Å². The number of hydrogen-bond donors (Lipinski definition) is 0. The smallest absolute Gasteiger partial charge is 0.735 e. The van der Waals surface area contributed by atoms with Crippen molar-refractivity contribution in [1.82, 2.24) is 0 Å². The predicted molar refractivity (Wildman–Crippen MR) is 144 cm³/mol. The zero-order chi connectivity index (χ0) is 32.9. The summed E-state index contributed by atoms with van der Waals surface area (Å²) in [5.74, 6) is 0. The van der Waals surface area contributed by atoms with Crippen LogP contribution in [0.4, 0.5) is 0 Å². The van der Waals surface area contributed by atoms with E-state index < -0.39 is 68.7 Å². The molecule has 0 bridgehead atoms. The molecule has 15 nitrogen and oxygen atoms in total. The molecular weight excluding hydrogens is 824 g/mol. The molecule has 0 saturated heterocycles. The third-order valence-corrected chi connectivity index (χ3v) is 15.5. The van der Waals surface area contributed by atoms with E-state index in [2.05, 4.69) is 0 Å². The van der Waals surface area contributed by atoms with Crippen molar-refractivity contribution in [2.45, 2.75) is 35.5 Å². The van der Waals surface area contributed by atoms with Gasteiger partial charge in [-0.3, -0.25) is 0 Å². The average molecular weight is 845 g/mol. The van der Waals surface area contributed by atoms with Crippen molar-refractivity contribution in [3.05, 3.63) is 89.5 Å². The van der Waals surface area contributed by atoms with Crippen LogP contribution >= 0.6 is 0 Å². The Bertz CT molecular complexity index is 1820. The van der Waals surface area contributed by atoms with Gasteiger partial charge in [0.15, 0.2) is 0 Å². The molecule has 3 rings (SSSR count). The third-order valence-electron chi connectivity index (χ3n) is 4.74. The third kappa shape index (κ3) is 11.1. The summed E-state index contributed by atoms with van der Waals surface area (Å²) in [6, 6.07) is 15.0. The normalized spacial score (nSPS) is 12.4. The van der Waals surface area contributed by atoms with Gasteiger partial charge in [-0.15, -0.1) is 0 Å². The molecule has 234 valence electrons. The predicted octanol–water partition coefficient (Wildman–Crippen LogP) is 0.687. The van der Waals surface area contributed by atoms with Crippen LogP contribution < -0.4 is 0 Å². The van der Waals surface area contributed by atoms with Gasteiger partial charge in [-0.05, 0) is 57.2 Å². The molecule has 43 heavy (non-hydrogen) atoms. The summed E-state index contributed by atoms with van der Waals surface area (Å²) in [6.45, 7) is 5.13. The largest absolute Gasteiger partial charge is 3.00 e. The molecule has 22 heteroatoms. The van der Waals surface area contributed by atoms with Gasteiger partial charge in [-0.1, -0.05) is 53.1 Å². The van der Waals surface area contributed by atoms with Crippen molar-refractivity contribution in [2.75, 3.05) is 0 Å². The maximum absolute atomic E-state index is 11.1. The van der Waals surface area contributed by atoms with Gasteiger partial charge in [0.2, 0.25) is 27.5 Å². The summed E-state index contributed by atoms with van der Waals surface area (Å²) in [7, 11) is -30.4. The molecule has 0 aromatic heterocycles. The van der Waals surface area contributed by atoms with Crippen LogP contribution in [0.1, 0.15) is 16.7 Å². The number of benzene rings is 3. The standard InChI is InChI=1S/3C7H8O5S2.La/c3*1-6-2-4-7(5-3-6)13(8,9)14(10,11)12;/h3*2-5H,1H3,(H,10,11,12);/q;;;+3/p-3. The molecule has 0 heterocycles. The van der Waals surface area contributed by atoms with Crippen LogP contribution in [0.2, 0.25) is 0 Å². The van der Waals surface area contributed by atoms with Gasteiger partial charge >= 0.3 is 35.6 Å². The molecule has 0 fully saturated rings. The fraction of sp³-hybridized carbons (Fsp3) is 0.143. The molecule has 0 saturated carbocycles. The molecule has 3 aromatic rings. The van der Waals surface area contributed by atoms with E-state index in [0.717, 1.165) is 53.1 Å². The Hall–Kier alpha value is -1.57. The number of hydrogen-bond acceptors (Lipinski definition) is 15. The van der Waals surface area contributed by atoms with Crippen LogP contribution in [0.15, 0.2) is 87.5 Å². The summed E-state index contributed by atoms with van der Waals surface area (Å²) >= 11 is 0. The van der Waals surface area contributed by atoms with Crippen LogP contribution in [0.3, 0.4) is 0 Å². The fourth-order valence-corrected chi connectivity index (χ4v) is 7.71. The van der Waals surface area contributed by atoms with E-state index >= 15 is 0 Å². The molecule has 0 spiro atoms. The molecule has 0 N–H and O–H groups in total. The van der Waals surface area contributed by atoms with E-state index in [9.17, 15) is 64.2 Å². The van der Waals surface area contributed by atoms with Gasteiger partial charge in [-0.25, -0.2) is 50.5 Å². The Kier molecular flexibility index (Phi) is 14.6. The monoisotopic (exact) mass is 844 g/mol.